The summed E-state index contributed by atoms with van der Waals surface area (Å²) in [5.74, 6) is -2.02. The molecule has 2 aromatic carbocycles. The van der Waals surface area contributed by atoms with Crippen molar-refractivity contribution >= 4 is 23.8 Å². The summed E-state index contributed by atoms with van der Waals surface area (Å²) in [6.45, 7) is -0.398. The zero-order valence-corrected chi connectivity index (χ0v) is 23.6. The fourth-order valence-electron chi connectivity index (χ4n) is 6.86. The maximum Gasteiger partial charge on any atom is 0.510 e. The van der Waals surface area contributed by atoms with Crippen molar-refractivity contribution in [2.24, 2.45) is 0 Å². The number of aliphatic hydroxyl groups is 1. The first-order valence-electron chi connectivity index (χ1n) is 13.5. The lowest BCUT2D eigenvalue weighted by atomic mass is 9.78. The number of carbonyl (C=O) groups is 1. The van der Waals surface area contributed by atoms with Crippen molar-refractivity contribution in [3.05, 3.63) is 104 Å². The third-order valence-corrected chi connectivity index (χ3v) is 9.97. The molecule has 0 radical (unpaired) electrons. The van der Waals surface area contributed by atoms with E-state index in [1.54, 1.807) is 10.6 Å². The number of ether oxygens (including phenoxy) is 3. The number of aromatic nitrogens is 1. The van der Waals surface area contributed by atoms with E-state index in [0.717, 1.165) is 29.2 Å². The minimum Gasteiger partial charge on any atom is -0.458 e. The summed E-state index contributed by atoms with van der Waals surface area (Å²) in [5, 5.41) is 11.6. The quantitative estimate of drug-likeness (QED) is 0.250. The van der Waals surface area contributed by atoms with Crippen LogP contribution in [0.15, 0.2) is 64.2 Å². The first-order chi connectivity index (χ1) is 20.8. The van der Waals surface area contributed by atoms with Crippen LogP contribution in [0.2, 0.25) is 0 Å². The third-order valence-electron chi connectivity index (χ3n) is 8.85. The van der Waals surface area contributed by atoms with Crippen molar-refractivity contribution < 1.29 is 41.9 Å². The zero-order valence-electron chi connectivity index (χ0n) is 22.8. The number of fused-ring (bicyclic) bond motifs is 3. The first-order valence-corrected chi connectivity index (χ1v) is 14.5. The van der Waals surface area contributed by atoms with E-state index >= 15 is 0 Å². The normalized spacial score (nSPS) is 24.0. The van der Waals surface area contributed by atoms with E-state index in [1.165, 1.54) is 28.7 Å². The Bertz CT molecular complexity index is 1840. The molecule has 3 aromatic rings. The molecule has 1 saturated carbocycles. The van der Waals surface area contributed by atoms with Gasteiger partial charge in [0.1, 0.15) is 5.41 Å². The molecule has 2 N–H and O–H groups in total. The minimum atomic E-state index is -1.02. The Hall–Kier alpha value is -4.39. The van der Waals surface area contributed by atoms with Crippen molar-refractivity contribution in [2.45, 2.75) is 41.0 Å². The van der Waals surface area contributed by atoms with Crippen molar-refractivity contribution in [1.82, 2.24) is 4.68 Å². The third kappa shape index (κ3) is 3.83. The highest BCUT2D eigenvalue weighted by molar-refractivity contribution is 7.98. The van der Waals surface area contributed by atoms with Crippen LogP contribution in [-0.2, 0) is 27.1 Å². The van der Waals surface area contributed by atoms with Gasteiger partial charge in [-0.15, -0.1) is 11.8 Å². The molecule has 13 heteroatoms. The van der Waals surface area contributed by atoms with E-state index in [-0.39, 0.29) is 36.1 Å². The summed E-state index contributed by atoms with van der Waals surface area (Å²) in [4.78, 5) is 25.0. The number of halogens is 3. The molecule has 1 spiro atoms. The number of carbonyl (C=O) groups excluding carboxylic acids is 1. The second kappa shape index (κ2) is 9.83. The van der Waals surface area contributed by atoms with Gasteiger partial charge in [-0.05, 0) is 40.8 Å². The fraction of sp³-hybridized carbons (Fsp3) is 0.300. The number of rotatable bonds is 4. The molecule has 1 aliphatic carbocycles. The molecule has 4 aliphatic rings. The highest BCUT2D eigenvalue weighted by atomic mass is 32.2. The molecule has 9 nitrogen and oxygen atoms in total. The van der Waals surface area contributed by atoms with Crippen LogP contribution in [-0.4, -0.2) is 52.5 Å². The van der Waals surface area contributed by atoms with Gasteiger partial charge in [0.15, 0.2) is 18.2 Å². The van der Waals surface area contributed by atoms with E-state index < -0.39 is 41.1 Å². The lowest BCUT2D eigenvalue weighted by Crippen LogP contribution is -2.57. The van der Waals surface area contributed by atoms with Gasteiger partial charge in [-0.2, -0.15) is 4.58 Å². The average Bonchev–Trinajstić information content (AvgIpc) is 3.73. The van der Waals surface area contributed by atoms with Crippen molar-refractivity contribution in [2.75, 3.05) is 25.9 Å². The van der Waals surface area contributed by atoms with Crippen LogP contribution in [0.4, 0.5) is 18.0 Å². The maximum absolute atomic E-state index is 14.8. The largest absolute Gasteiger partial charge is 0.510 e. The molecule has 3 aliphatic heterocycles. The highest BCUT2D eigenvalue weighted by Crippen LogP contribution is 2.67. The number of aliphatic hydroxyl groups excluding tert-OH is 1. The zero-order chi connectivity index (χ0) is 30.1. The standard InChI is InChI=1S/C30H24F3N3O6S/c1-40-28(39)42-15-41-26-22(37)8-10-36-25(26)27(38)35-9-7-17(12-31)29(14-30(29,35)34-36)20-3-2-4-23-18(20)11-16-5-6-21(32)24(33)19(16)13-43-23/h2-6,8,10,12,34H,7,9,11,13-15H2,1H3/p+1/b17-12+/t29?,30-/m0/s1. The smallest absolute Gasteiger partial charge is 0.458 e. The fourth-order valence-corrected chi connectivity index (χ4v) is 8.01. The monoisotopic (exact) mass is 612 g/mol. The van der Waals surface area contributed by atoms with Gasteiger partial charge in [-0.3, -0.25) is 10.2 Å². The van der Waals surface area contributed by atoms with Gasteiger partial charge in [0.2, 0.25) is 23.7 Å². The molecule has 1 saturated heterocycles. The molecule has 0 amide bonds. The van der Waals surface area contributed by atoms with E-state index in [1.807, 2.05) is 18.2 Å². The van der Waals surface area contributed by atoms with Gasteiger partial charge < -0.3 is 19.3 Å². The Morgan fingerprint density at radius 3 is 2.86 bits per heavy atom. The SMILES string of the molecule is COC(=O)OCOc1c2n(ccc1=O)N[C@]13CC1(c1cccc4c1Cc1ccc(F)c(F)c1CS4)/C(=C/F)CC[N+]3=C2O. The van der Waals surface area contributed by atoms with Crippen LogP contribution in [0.1, 0.15) is 40.8 Å². The number of benzene rings is 2. The number of hydrogen-bond donors (Lipinski definition) is 2. The molecule has 43 heavy (non-hydrogen) atoms. The second-order valence-electron chi connectivity index (χ2n) is 10.7. The average molecular weight is 613 g/mol. The highest BCUT2D eigenvalue weighted by Gasteiger charge is 2.83. The van der Waals surface area contributed by atoms with E-state index in [2.05, 4.69) is 10.2 Å². The first kappa shape index (κ1) is 27.4. The van der Waals surface area contributed by atoms with Crippen molar-refractivity contribution in [3.63, 3.8) is 0 Å². The molecule has 2 fully saturated rings. The molecular formula is C30H25F3N3O6S+. The van der Waals surface area contributed by atoms with Gasteiger partial charge in [0.05, 0.1) is 19.9 Å². The predicted molar refractivity (Wildman–Crippen MR) is 149 cm³/mol. The van der Waals surface area contributed by atoms with E-state index in [9.17, 15) is 27.9 Å². The van der Waals surface area contributed by atoms with Crippen LogP contribution in [0.3, 0.4) is 0 Å². The molecule has 222 valence electrons. The van der Waals surface area contributed by atoms with Crippen LogP contribution in [0.5, 0.6) is 5.75 Å². The van der Waals surface area contributed by atoms with Crippen LogP contribution >= 0.6 is 11.8 Å². The van der Waals surface area contributed by atoms with Gasteiger partial charge in [-0.1, -0.05) is 18.2 Å². The maximum atomic E-state index is 14.8. The predicted octanol–water partition coefficient (Wildman–Crippen LogP) is 4.61. The summed E-state index contributed by atoms with van der Waals surface area (Å²) in [7, 11) is 1.13. The molecule has 2 atom stereocenters. The molecule has 4 heterocycles. The Kier molecular flexibility index (Phi) is 6.27. The van der Waals surface area contributed by atoms with Gasteiger partial charge in [0.25, 0.3) is 5.66 Å². The number of methoxy groups -OCH3 is 1. The Labute approximate surface area is 247 Å². The van der Waals surface area contributed by atoms with Gasteiger partial charge >= 0.3 is 12.1 Å². The molecule has 0 bridgehead atoms. The number of thioether (sulfide) groups is 1. The summed E-state index contributed by atoms with van der Waals surface area (Å²) in [6, 6.07) is 9.67. The number of pyridine rings is 1. The Morgan fingerprint density at radius 1 is 1.23 bits per heavy atom. The van der Waals surface area contributed by atoms with E-state index in [4.69, 9.17) is 9.47 Å². The molecular weight excluding hydrogens is 587 g/mol. The van der Waals surface area contributed by atoms with Gasteiger partial charge in [-0.25, -0.2) is 22.6 Å². The number of hydrogen-bond acceptors (Lipinski definition) is 7. The number of nitrogens with zero attached hydrogens (tertiary/aromatic N) is 2. The molecule has 1 unspecified atom stereocenters. The van der Waals surface area contributed by atoms with Crippen molar-refractivity contribution in [1.29, 1.82) is 0 Å². The number of nitrogens with one attached hydrogen (secondary N) is 1. The lowest BCUT2D eigenvalue weighted by Gasteiger charge is -2.36. The molecule has 1 aromatic heterocycles. The number of piperidine rings is 1. The summed E-state index contributed by atoms with van der Waals surface area (Å²) in [5.41, 5.74) is 4.12. The summed E-state index contributed by atoms with van der Waals surface area (Å²) < 4.78 is 61.4. The van der Waals surface area contributed by atoms with Crippen LogP contribution in [0.25, 0.3) is 0 Å². The summed E-state index contributed by atoms with van der Waals surface area (Å²) in [6.07, 6.45) is 2.03. The van der Waals surface area contributed by atoms with E-state index in [0.29, 0.717) is 35.9 Å². The van der Waals surface area contributed by atoms with Crippen molar-refractivity contribution in [3.8, 4) is 5.75 Å². The topological polar surface area (TPSA) is 102 Å². The lowest BCUT2D eigenvalue weighted by molar-refractivity contribution is -0.593. The molecule has 7 rings (SSSR count). The Balaban J connectivity index is 1.35. The van der Waals surface area contributed by atoms with Crippen LogP contribution < -0.4 is 15.6 Å². The van der Waals surface area contributed by atoms with Crippen LogP contribution in [0, 0.1) is 11.6 Å². The summed E-state index contributed by atoms with van der Waals surface area (Å²) >= 11 is 1.40. The second-order valence-corrected chi connectivity index (χ2v) is 11.8. The van der Waals surface area contributed by atoms with Gasteiger partial charge in [0, 0.05) is 34.9 Å². The Morgan fingerprint density at radius 2 is 2.07 bits per heavy atom. The minimum absolute atomic E-state index is 0.0222.